The van der Waals surface area contributed by atoms with Crippen LogP contribution < -0.4 is 5.73 Å². The van der Waals surface area contributed by atoms with Gasteiger partial charge in [-0.2, -0.15) is 0 Å². The van der Waals surface area contributed by atoms with E-state index in [2.05, 4.69) is 37.3 Å². The Morgan fingerprint density at radius 2 is 1.74 bits per heavy atom. The Morgan fingerprint density at radius 1 is 1.05 bits per heavy atom. The largest absolute Gasteiger partial charge is 0.330 e. The molecular formula is C17H18ClN. The van der Waals surface area contributed by atoms with Crippen LogP contribution in [0.4, 0.5) is 0 Å². The quantitative estimate of drug-likeness (QED) is 0.882. The molecule has 1 unspecified atom stereocenters. The van der Waals surface area contributed by atoms with E-state index in [-0.39, 0.29) is 0 Å². The lowest BCUT2D eigenvalue weighted by Gasteiger charge is -2.13. The molecule has 19 heavy (non-hydrogen) atoms. The highest BCUT2D eigenvalue weighted by Gasteiger charge is 2.28. The van der Waals surface area contributed by atoms with Crippen molar-refractivity contribution in [3.05, 3.63) is 58.1 Å². The van der Waals surface area contributed by atoms with Crippen LogP contribution in [-0.2, 0) is 6.42 Å². The van der Waals surface area contributed by atoms with Gasteiger partial charge in [0.15, 0.2) is 0 Å². The molecule has 0 aliphatic heterocycles. The number of nitrogens with two attached hydrogens (primary N) is 1. The van der Waals surface area contributed by atoms with Gasteiger partial charge in [-0.1, -0.05) is 42.8 Å². The molecule has 1 aliphatic carbocycles. The highest BCUT2D eigenvalue weighted by molar-refractivity contribution is 6.30. The first-order chi connectivity index (χ1) is 9.24. The minimum Gasteiger partial charge on any atom is -0.330 e. The minimum absolute atomic E-state index is 0.403. The van der Waals surface area contributed by atoms with E-state index in [4.69, 9.17) is 17.3 Å². The van der Waals surface area contributed by atoms with Gasteiger partial charge in [0.05, 0.1) is 0 Å². The van der Waals surface area contributed by atoms with Crippen LogP contribution in [-0.4, -0.2) is 6.54 Å². The smallest absolute Gasteiger partial charge is 0.0409 e. The lowest BCUT2D eigenvalue weighted by molar-refractivity contribution is 0.740. The predicted octanol–water partition coefficient (Wildman–Crippen LogP) is 4.36. The second-order valence-electron chi connectivity index (χ2n) is 5.14. The maximum atomic E-state index is 6.16. The van der Waals surface area contributed by atoms with Crippen LogP contribution in [0.1, 0.15) is 36.0 Å². The molecule has 1 atom stereocenters. The average Bonchev–Trinajstić information content (AvgIpc) is 2.72. The van der Waals surface area contributed by atoms with E-state index in [9.17, 15) is 0 Å². The zero-order valence-corrected chi connectivity index (χ0v) is 11.9. The monoisotopic (exact) mass is 271 g/mol. The van der Waals surface area contributed by atoms with E-state index in [0.29, 0.717) is 12.5 Å². The molecule has 0 aromatic heterocycles. The Bertz CT molecular complexity index is 619. The molecule has 0 radical (unpaired) electrons. The lowest BCUT2D eigenvalue weighted by atomic mass is 9.92. The zero-order valence-electron chi connectivity index (χ0n) is 11.1. The van der Waals surface area contributed by atoms with Gasteiger partial charge in [-0.15, -0.1) is 0 Å². The van der Waals surface area contributed by atoms with Gasteiger partial charge in [0.25, 0.3) is 0 Å². The van der Waals surface area contributed by atoms with E-state index in [1.165, 1.54) is 27.8 Å². The van der Waals surface area contributed by atoms with Gasteiger partial charge in [0, 0.05) is 10.9 Å². The van der Waals surface area contributed by atoms with E-state index in [1.807, 2.05) is 6.07 Å². The molecule has 98 valence electrons. The average molecular weight is 272 g/mol. The van der Waals surface area contributed by atoms with Crippen LogP contribution in [0.5, 0.6) is 0 Å². The lowest BCUT2D eigenvalue weighted by Crippen LogP contribution is -2.06. The first-order valence-corrected chi connectivity index (χ1v) is 7.25. The number of rotatable bonds is 3. The highest BCUT2D eigenvalue weighted by atomic mass is 35.5. The zero-order chi connectivity index (χ0) is 13.4. The number of hydrogen-bond acceptors (Lipinski definition) is 1. The third-order valence-corrected chi connectivity index (χ3v) is 4.27. The van der Waals surface area contributed by atoms with Crippen molar-refractivity contribution in [3.8, 4) is 11.1 Å². The summed E-state index contributed by atoms with van der Waals surface area (Å²) in [5.41, 5.74) is 12.6. The summed E-state index contributed by atoms with van der Waals surface area (Å²) in [5, 5.41) is 0.810. The Morgan fingerprint density at radius 3 is 2.42 bits per heavy atom. The van der Waals surface area contributed by atoms with Gasteiger partial charge in [-0.05, 0) is 59.3 Å². The summed E-state index contributed by atoms with van der Waals surface area (Å²) < 4.78 is 0. The molecule has 2 aromatic rings. The fourth-order valence-corrected chi connectivity index (χ4v) is 3.26. The Labute approximate surface area is 119 Å². The number of halogens is 1. The Hall–Kier alpha value is -1.31. The van der Waals surface area contributed by atoms with Crippen molar-refractivity contribution in [2.75, 3.05) is 6.54 Å². The normalized spacial score (nSPS) is 16.3. The van der Waals surface area contributed by atoms with Crippen molar-refractivity contribution in [1.29, 1.82) is 0 Å². The van der Waals surface area contributed by atoms with Crippen molar-refractivity contribution >= 4 is 11.6 Å². The molecule has 0 fully saturated rings. The van der Waals surface area contributed by atoms with E-state index in [0.717, 1.165) is 17.9 Å². The van der Waals surface area contributed by atoms with Gasteiger partial charge in [0.2, 0.25) is 0 Å². The summed E-state index contributed by atoms with van der Waals surface area (Å²) in [4.78, 5) is 0. The van der Waals surface area contributed by atoms with Crippen LogP contribution in [0.25, 0.3) is 11.1 Å². The van der Waals surface area contributed by atoms with Gasteiger partial charge in [-0.25, -0.2) is 0 Å². The minimum atomic E-state index is 0.403. The van der Waals surface area contributed by atoms with Crippen molar-refractivity contribution in [3.63, 3.8) is 0 Å². The molecular weight excluding hydrogens is 254 g/mol. The molecule has 0 amide bonds. The Balaban J connectivity index is 2.19. The summed E-state index contributed by atoms with van der Waals surface area (Å²) in [5.74, 6) is 0.403. The number of benzene rings is 2. The standard InChI is InChI=1S/C17H18ClN/c1-2-11-3-5-13-14-6-4-12(18)10-17(14)15(7-8-19)16(13)9-11/h3-6,9-10,15H,2,7-8,19H2,1H3. The van der Waals surface area contributed by atoms with E-state index >= 15 is 0 Å². The van der Waals surface area contributed by atoms with Crippen LogP contribution in [0.2, 0.25) is 5.02 Å². The van der Waals surface area contributed by atoms with E-state index < -0.39 is 0 Å². The summed E-state index contributed by atoms with van der Waals surface area (Å²) in [7, 11) is 0. The maximum Gasteiger partial charge on any atom is 0.0409 e. The molecule has 1 nitrogen and oxygen atoms in total. The van der Waals surface area contributed by atoms with Crippen molar-refractivity contribution < 1.29 is 0 Å². The second-order valence-corrected chi connectivity index (χ2v) is 5.57. The second kappa shape index (κ2) is 4.99. The molecule has 0 saturated carbocycles. The van der Waals surface area contributed by atoms with Crippen LogP contribution in [0.3, 0.4) is 0 Å². The molecule has 2 heteroatoms. The van der Waals surface area contributed by atoms with Crippen LogP contribution in [0, 0.1) is 0 Å². The molecule has 0 saturated heterocycles. The number of hydrogen-bond donors (Lipinski definition) is 1. The molecule has 2 aromatic carbocycles. The SMILES string of the molecule is CCc1ccc2c(c1)C(CCN)c1cc(Cl)ccc1-2. The van der Waals surface area contributed by atoms with Crippen molar-refractivity contribution in [1.82, 2.24) is 0 Å². The van der Waals surface area contributed by atoms with Gasteiger partial charge in [-0.3, -0.25) is 0 Å². The summed E-state index contributed by atoms with van der Waals surface area (Å²) in [6, 6.07) is 13.0. The third kappa shape index (κ3) is 2.07. The van der Waals surface area contributed by atoms with Crippen molar-refractivity contribution in [2.45, 2.75) is 25.7 Å². The summed E-state index contributed by atoms with van der Waals surface area (Å²) >= 11 is 6.16. The third-order valence-electron chi connectivity index (χ3n) is 4.03. The fourth-order valence-electron chi connectivity index (χ4n) is 3.08. The van der Waals surface area contributed by atoms with Gasteiger partial charge in [0.1, 0.15) is 0 Å². The van der Waals surface area contributed by atoms with Crippen LogP contribution in [0.15, 0.2) is 36.4 Å². The number of aryl methyl sites for hydroxylation is 1. The molecule has 3 rings (SSSR count). The highest BCUT2D eigenvalue weighted by Crippen LogP contribution is 2.47. The van der Waals surface area contributed by atoms with Crippen molar-refractivity contribution in [2.24, 2.45) is 5.73 Å². The molecule has 0 spiro atoms. The molecule has 0 heterocycles. The summed E-state index contributed by atoms with van der Waals surface area (Å²) in [6.45, 7) is 2.89. The Kier molecular flexibility index (Phi) is 3.34. The maximum absolute atomic E-state index is 6.16. The van der Waals surface area contributed by atoms with Gasteiger partial charge >= 0.3 is 0 Å². The molecule has 1 aliphatic rings. The van der Waals surface area contributed by atoms with E-state index in [1.54, 1.807) is 0 Å². The molecule has 2 N–H and O–H groups in total. The molecule has 0 bridgehead atoms. The fraction of sp³-hybridized carbons (Fsp3) is 0.294. The number of fused-ring (bicyclic) bond motifs is 3. The predicted molar refractivity (Wildman–Crippen MR) is 81.8 cm³/mol. The van der Waals surface area contributed by atoms with Crippen LogP contribution >= 0.6 is 11.6 Å². The summed E-state index contributed by atoms with van der Waals surface area (Å²) in [6.07, 6.45) is 2.05. The topological polar surface area (TPSA) is 26.0 Å². The first kappa shape index (κ1) is 12.7. The first-order valence-electron chi connectivity index (χ1n) is 6.87. The van der Waals surface area contributed by atoms with Gasteiger partial charge < -0.3 is 5.73 Å².